The normalized spacial score (nSPS) is 10.0. The minimum Gasteiger partial charge on any atom is -0.490 e. The van der Waals surface area contributed by atoms with Crippen molar-refractivity contribution in [3.8, 4) is 5.75 Å². The van der Waals surface area contributed by atoms with Gasteiger partial charge in [0.25, 0.3) is 0 Å². The molecule has 0 aliphatic heterocycles. The lowest BCUT2D eigenvalue weighted by molar-refractivity contribution is -0.385. The average Bonchev–Trinajstić information content (AvgIpc) is 2.34. The molecule has 0 atom stereocenters. The maximum atomic E-state index is 10.8. The number of rotatable bonds is 7. The van der Waals surface area contributed by atoms with Gasteiger partial charge in [-0.1, -0.05) is 19.8 Å². The van der Waals surface area contributed by atoms with Gasteiger partial charge in [-0.05, 0) is 18.6 Å². The molecule has 1 rings (SSSR count). The fraction of sp³-hybridized carbons (Fsp3) is 0.500. The summed E-state index contributed by atoms with van der Waals surface area (Å²) < 4.78 is 4.94. The molecule has 1 N–H and O–H groups in total. The highest BCUT2D eigenvalue weighted by Crippen LogP contribution is 2.29. The van der Waals surface area contributed by atoms with E-state index < -0.39 is 4.92 Å². The first-order valence-electron chi connectivity index (χ1n) is 5.75. The van der Waals surface area contributed by atoms with Crippen LogP contribution in [0.5, 0.6) is 5.75 Å². The molecule has 0 saturated heterocycles. The Hall–Kier alpha value is -1.78. The monoisotopic (exact) mass is 238 g/mol. The van der Waals surface area contributed by atoms with E-state index in [0.717, 1.165) is 31.5 Å². The van der Waals surface area contributed by atoms with E-state index in [1.54, 1.807) is 12.1 Å². The second kappa shape index (κ2) is 6.73. The van der Waals surface area contributed by atoms with Crippen molar-refractivity contribution in [2.24, 2.45) is 0 Å². The zero-order chi connectivity index (χ0) is 12.7. The maximum Gasteiger partial charge on any atom is 0.312 e. The predicted molar refractivity (Wildman–Crippen MR) is 67.7 cm³/mol. The second-order valence-corrected chi connectivity index (χ2v) is 3.78. The van der Waals surface area contributed by atoms with Crippen molar-refractivity contribution >= 4 is 11.4 Å². The van der Waals surface area contributed by atoms with E-state index in [2.05, 4.69) is 12.2 Å². The van der Waals surface area contributed by atoms with Crippen LogP contribution in [0.1, 0.15) is 26.2 Å². The van der Waals surface area contributed by atoms with E-state index in [1.807, 2.05) is 0 Å². The van der Waals surface area contributed by atoms with Crippen LogP contribution in [0.15, 0.2) is 18.2 Å². The summed E-state index contributed by atoms with van der Waals surface area (Å²) in [5.74, 6) is 0.286. The fourth-order valence-corrected chi connectivity index (χ4v) is 1.55. The van der Waals surface area contributed by atoms with Gasteiger partial charge in [0.2, 0.25) is 0 Å². The van der Waals surface area contributed by atoms with Crippen molar-refractivity contribution < 1.29 is 9.66 Å². The largest absolute Gasteiger partial charge is 0.490 e. The summed E-state index contributed by atoms with van der Waals surface area (Å²) in [5.41, 5.74) is 0.751. The molecule has 5 heteroatoms. The SMILES string of the molecule is CCCCCNc1ccc(OC)c([N+](=O)[O-])c1. The molecule has 94 valence electrons. The predicted octanol–water partition coefficient (Wildman–Crippen LogP) is 3.21. The van der Waals surface area contributed by atoms with E-state index >= 15 is 0 Å². The summed E-state index contributed by atoms with van der Waals surface area (Å²) in [5, 5.41) is 14.0. The smallest absolute Gasteiger partial charge is 0.312 e. The second-order valence-electron chi connectivity index (χ2n) is 3.78. The molecule has 0 unspecified atom stereocenters. The number of anilines is 1. The molecule has 0 bridgehead atoms. The van der Waals surface area contributed by atoms with Gasteiger partial charge in [0.05, 0.1) is 12.0 Å². The van der Waals surface area contributed by atoms with Gasteiger partial charge in [0.15, 0.2) is 5.75 Å². The number of hydrogen-bond acceptors (Lipinski definition) is 4. The molecule has 5 nitrogen and oxygen atoms in total. The minimum absolute atomic E-state index is 0.00649. The van der Waals surface area contributed by atoms with Crippen LogP contribution in [0.4, 0.5) is 11.4 Å². The minimum atomic E-state index is -0.434. The quantitative estimate of drug-likeness (QED) is 0.450. The first kappa shape index (κ1) is 13.3. The maximum absolute atomic E-state index is 10.8. The van der Waals surface area contributed by atoms with Gasteiger partial charge >= 0.3 is 5.69 Å². The zero-order valence-corrected chi connectivity index (χ0v) is 10.2. The molecule has 0 aromatic heterocycles. The third-order valence-corrected chi connectivity index (χ3v) is 2.49. The zero-order valence-electron chi connectivity index (χ0n) is 10.2. The number of nitrogens with one attached hydrogen (secondary N) is 1. The molecular formula is C12H18N2O3. The van der Waals surface area contributed by atoms with Gasteiger partial charge in [0.1, 0.15) is 0 Å². The number of nitro benzene ring substituents is 1. The number of hydrogen-bond donors (Lipinski definition) is 1. The molecule has 0 aliphatic rings. The molecule has 0 amide bonds. The highest BCUT2D eigenvalue weighted by molar-refractivity contribution is 5.58. The summed E-state index contributed by atoms with van der Waals surface area (Å²) in [7, 11) is 1.43. The lowest BCUT2D eigenvalue weighted by Gasteiger charge is -2.07. The molecule has 0 fully saturated rings. The van der Waals surface area contributed by atoms with Gasteiger partial charge in [-0.2, -0.15) is 0 Å². The molecule has 17 heavy (non-hydrogen) atoms. The van der Waals surface area contributed by atoms with E-state index in [0.29, 0.717) is 0 Å². The van der Waals surface area contributed by atoms with Crippen molar-refractivity contribution in [1.82, 2.24) is 0 Å². The number of nitro groups is 1. The Morgan fingerprint density at radius 2 is 2.18 bits per heavy atom. The van der Waals surface area contributed by atoms with Gasteiger partial charge < -0.3 is 10.1 Å². The van der Waals surface area contributed by atoms with Crippen LogP contribution in [-0.2, 0) is 0 Å². The Bertz CT molecular complexity index is 380. The average molecular weight is 238 g/mol. The number of nitrogens with zero attached hydrogens (tertiary/aromatic N) is 1. The highest BCUT2D eigenvalue weighted by atomic mass is 16.6. The number of benzene rings is 1. The molecule has 1 aromatic carbocycles. The van der Waals surface area contributed by atoms with Crippen LogP contribution in [0.25, 0.3) is 0 Å². The van der Waals surface area contributed by atoms with E-state index in [9.17, 15) is 10.1 Å². The van der Waals surface area contributed by atoms with Crippen molar-refractivity contribution in [3.63, 3.8) is 0 Å². The molecule has 0 radical (unpaired) electrons. The number of unbranched alkanes of at least 4 members (excludes halogenated alkanes) is 2. The topological polar surface area (TPSA) is 64.4 Å². The fourth-order valence-electron chi connectivity index (χ4n) is 1.55. The third kappa shape index (κ3) is 3.94. The summed E-state index contributed by atoms with van der Waals surface area (Å²) in [6.45, 7) is 2.97. The Labute approximate surface area is 101 Å². The summed E-state index contributed by atoms with van der Waals surface area (Å²) in [6, 6.07) is 4.91. The Morgan fingerprint density at radius 3 is 2.76 bits per heavy atom. The Kier molecular flexibility index (Phi) is 5.26. The van der Waals surface area contributed by atoms with Crippen molar-refractivity contribution in [3.05, 3.63) is 28.3 Å². The Morgan fingerprint density at radius 1 is 1.41 bits per heavy atom. The molecule has 0 aliphatic carbocycles. The highest BCUT2D eigenvalue weighted by Gasteiger charge is 2.14. The van der Waals surface area contributed by atoms with Crippen molar-refractivity contribution in [2.45, 2.75) is 26.2 Å². The third-order valence-electron chi connectivity index (χ3n) is 2.49. The van der Waals surface area contributed by atoms with Gasteiger partial charge in [-0.3, -0.25) is 10.1 Å². The van der Waals surface area contributed by atoms with Crippen LogP contribution in [0.3, 0.4) is 0 Å². The van der Waals surface area contributed by atoms with Crippen LogP contribution >= 0.6 is 0 Å². The molecular weight excluding hydrogens is 220 g/mol. The van der Waals surface area contributed by atoms with Crippen molar-refractivity contribution in [2.75, 3.05) is 19.0 Å². The van der Waals surface area contributed by atoms with Gasteiger partial charge in [-0.25, -0.2) is 0 Å². The summed E-state index contributed by atoms with van der Waals surface area (Å²) in [6.07, 6.45) is 3.38. The molecule has 0 spiro atoms. The molecule has 0 saturated carbocycles. The van der Waals surface area contributed by atoms with Crippen LogP contribution < -0.4 is 10.1 Å². The van der Waals surface area contributed by atoms with Gasteiger partial charge in [0, 0.05) is 18.3 Å². The van der Waals surface area contributed by atoms with Crippen molar-refractivity contribution in [1.29, 1.82) is 0 Å². The van der Waals surface area contributed by atoms with Crippen LogP contribution in [0, 0.1) is 10.1 Å². The molecule has 0 heterocycles. The standard InChI is InChI=1S/C12H18N2O3/c1-3-4-5-8-13-10-6-7-12(17-2)11(9-10)14(15)16/h6-7,9,13H,3-5,8H2,1-2H3. The Balaban J connectivity index is 2.68. The summed E-state index contributed by atoms with van der Waals surface area (Å²) >= 11 is 0. The lowest BCUT2D eigenvalue weighted by atomic mass is 10.2. The lowest BCUT2D eigenvalue weighted by Crippen LogP contribution is -2.02. The van der Waals surface area contributed by atoms with Crippen LogP contribution in [0.2, 0.25) is 0 Å². The van der Waals surface area contributed by atoms with E-state index in [-0.39, 0.29) is 11.4 Å². The first-order valence-corrected chi connectivity index (χ1v) is 5.75. The first-order chi connectivity index (χ1) is 8.19. The van der Waals surface area contributed by atoms with Gasteiger partial charge in [-0.15, -0.1) is 0 Å². The number of methoxy groups -OCH3 is 1. The van der Waals surface area contributed by atoms with E-state index in [1.165, 1.54) is 13.2 Å². The number of ether oxygens (including phenoxy) is 1. The van der Waals surface area contributed by atoms with Crippen LogP contribution in [-0.4, -0.2) is 18.6 Å². The molecule has 1 aromatic rings. The van der Waals surface area contributed by atoms with E-state index in [4.69, 9.17) is 4.74 Å². The summed E-state index contributed by atoms with van der Waals surface area (Å²) in [4.78, 5) is 10.4.